The average Bonchev–Trinajstić information content (AvgIpc) is 2.80. The van der Waals surface area contributed by atoms with E-state index in [4.69, 9.17) is 0 Å². The van der Waals surface area contributed by atoms with Crippen LogP contribution in [-0.2, 0) is 7.05 Å². The van der Waals surface area contributed by atoms with Gasteiger partial charge < -0.3 is 4.57 Å². The van der Waals surface area contributed by atoms with E-state index < -0.39 is 0 Å². The highest BCUT2D eigenvalue weighted by Crippen LogP contribution is 2.28. The number of thioether (sulfide) groups is 1. The zero-order chi connectivity index (χ0) is 13.1. The van der Waals surface area contributed by atoms with Gasteiger partial charge in [-0.05, 0) is 48.4 Å². The monoisotopic (exact) mass is 259 g/mol. The van der Waals surface area contributed by atoms with Gasteiger partial charge in [-0.1, -0.05) is 26.0 Å². The molecule has 1 heterocycles. The zero-order valence-electron chi connectivity index (χ0n) is 11.6. The molecule has 1 aromatic heterocycles. The predicted octanol–water partition coefficient (Wildman–Crippen LogP) is 4.93. The van der Waals surface area contributed by atoms with Gasteiger partial charge in [0.2, 0.25) is 0 Å². The summed E-state index contributed by atoms with van der Waals surface area (Å²) in [5.74, 6) is 0.620. The summed E-state index contributed by atoms with van der Waals surface area (Å²) in [4.78, 5) is 1.31. The highest BCUT2D eigenvalue weighted by Gasteiger charge is 2.11. The molecule has 2 rings (SSSR count). The van der Waals surface area contributed by atoms with Gasteiger partial charge in [0, 0.05) is 23.3 Å². The molecule has 18 heavy (non-hydrogen) atoms. The van der Waals surface area contributed by atoms with Crippen LogP contribution in [0.4, 0.5) is 0 Å². The molecular weight excluding hydrogens is 238 g/mol. The molecule has 1 aromatic carbocycles. The van der Waals surface area contributed by atoms with Crippen molar-refractivity contribution >= 4 is 11.8 Å². The summed E-state index contributed by atoms with van der Waals surface area (Å²) >= 11 is 1.78. The van der Waals surface area contributed by atoms with Crippen LogP contribution >= 0.6 is 11.8 Å². The van der Waals surface area contributed by atoms with Crippen LogP contribution in [0.3, 0.4) is 0 Å². The van der Waals surface area contributed by atoms with Crippen molar-refractivity contribution in [3.05, 3.63) is 42.1 Å². The molecule has 0 spiro atoms. The van der Waals surface area contributed by atoms with E-state index in [1.54, 1.807) is 11.8 Å². The number of rotatable bonds is 4. The maximum atomic E-state index is 2.32. The van der Waals surface area contributed by atoms with E-state index in [0.717, 1.165) is 0 Å². The minimum atomic E-state index is 0.620. The van der Waals surface area contributed by atoms with Crippen LogP contribution in [0.15, 0.2) is 41.3 Å². The van der Waals surface area contributed by atoms with Crippen LogP contribution in [-0.4, -0.2) is 10.8 Å². The Balaban J connectivity index is 2.36. The van der Waals surface area contributed by atoms with Crippen molar-refractivity contribution in [2.75, 3.05) is 6.26 Å². The zero-order valence-corrected chi connectivity index (χ0v) is 12.4. The Kier molecular flexibility index (Phi) is 4.18. The Morgan fingerprint density at radius 2 is 1.78 bits per heavy atom. The van der Waals surface area contributed by atoms with Crippen molar-refractivity contribution in [2.45, 2.75) is 31.1 Å². The third kappa shape index (κ3) is 2.49. The third-order valence-electron chi connectivity index (χ3n) is 3.66. The van der Waals surface area contributed by atoms with E-state index in [9.17, 15) is 0 Å². The minimum Gasteiger partial charge on any atom is -0.347 e. The van der Waals surface area contributed by atoms with Crippen molar-refractivity contribution in [3.8, 4) is 11.3 Å². The van der Waals surface area contributed by atoms with Gasteiger partial charge in [0.25, 0.3) is 0 Å². The van der Waals surface area contributed by atoms with E-state index in [1.807, 2.05) is 0 Å². The quantitative estimate of drug-likeness (QED) is 0.705. The number of nitrogens with zero attached hydrogens (tertiary/aromatic N) is 1. The van der Waals surface area contributed by atoms with E-state index in [0.29, 0.717) is 5.92 Å². The lowest BCUT2D eigenvalue weighted by Crippen LogP contribution is -2.01. The van der Waals surface area contributed by atoms with E-state index >= 15 is 0 Å². The van der Waals surface area contributed by atoms with Gasteiger partial charge in [-0.3, -0.25) is 0 Å². The summed E-state index contributed by atoms with van der Waals surface area (Å²) in [7, 11) is 2.17. The molecule has 0 radical (unpaired) electrons. The normalized spacial score (nSPS) is 12.7. The maximum absolute atomic E-state index is 2.32. The van der Waals surface area contributed by atoms with E-state index in [-0.39, 0.29) is 0 Å². The molecule has 96 valence electrons. The Hall–Kier alpha value is -1.15. The molecule has 2 aromatic rings. The Morgan fingerprint density at radius 3 is 2.33 bits per heavy atom. The van der Waals surface area contributed by atoms with Crippen LogP contribution in [0.25, 0.3) is 11.3 Å². The molecule has 1 unspecified atom stereocenters. The largest absolute Gasteiger partial charge is 0.347 e. The molecule has 0 fully saturated rings. The first kappa shape index (κ1) is 13.3. The lowest BCUT2D eigenvalue weighted by Gasteiger charge is -2.12. The molecule has 0 saturated heterocycles. The average molecular weight is 259 g/mol. The topological polar surface area (TPSA) is 4.93 Å². The second-order valence-corrected chi connectivity index (χ2v) is 5.62. The van der Waals surface area contributed by atoms with Gasteiger partial charge >= 0.3 is 0 Å². The second-order valence-electron chi connectivity index (χ2n) is 4.74. The lowest BCUT2D eigenvalue weighted by molar-refractivity contribution is 0.668. The predicted molar refractivity (Wildman–Crippen MR) is 81.3 cm³/mol. The maximum Gasteiger partial charge on any atom is 0.0479 e. The smallest absolute Gasteiger partial charge is 0.0479 e. The van der Waals surface area contributed by atoms with Crippen molar-refractivity contribution in [3.63, 3.8) is 0 Å². The molecule has 0 aliphatic heterocycles. The Labute approximate surface area is 114 Å². The number of benzene rings is 1. The van der Waals surface area contributed by atoms with Crippen molar-refractivity contribution in [1.82, 2.24) is 4.57 Å². The van der Waals surface area contributed by atoms with Crippen LogP contribution in [0, 0.1) is 0 Å². The van der Waals surface area contributed by atoms with Gasteiger partial charge in [0.1, 0.15) is 0 Å². The molecule has 1 atom stereocenters. The number of aromatic nitrogens is 1. The SMILES string of the molecule is CCC(C)c1ccc(-c2ccc(SC)cc2)n1C. The summed E-state index contributed by atoms with van der Waals surface area (Å²) < 4.78 is 2.32. The van der Waals surface area contributed by atoms with Crippen LogP contribution in [0.5, 0.6) is 0 Å². The van der Waals surface area contributed by atoms with Crippen molar-refractivity contribution < 1.29 is 0 Å². The van der Waals surface area contributed by atoms with E-state index in [2.05, 4.69) is 68.1 Å². The molecule has 0 saturated carbocycles. The summed E-state index contributed by atoms with van der Waals surface area (Å²) in [5.41, 5.74) is 4.02. The molecule has 0 bridgehead atoms. The minimum absolute atomic E-state index is 0.620. The fourth-order valence-electron chi connectivity index (χ4n) is 2.28. The molecule has 2 heteroatoms. The molecule has 0 aliphatic carbocycles. The standard InChI is InChI=1S/C16H21NS/c1-5-12(2)15-10-11-16(17(15)3)13-6-8-14(18-4)9-7-13/h6-12H,5H2,1-4H3. The second kappa shape index (κ2) is 5.66. The highest BCUT2D eigenvalue weighted by molar-refractivity contribution is 7.98. The summed E-state index contributed by atoms with van der Waals surface area (Å²) in [6.45, 7) is 4.53. The summed E-state index contributed by atoms with van der Waals surface area (Å²) in [5, 5.41) is 0. The molecular formula is C16H21NS. The third-order valence-corrected chi connectivity index (χ3v) is 4.41. The molecule has 0 N–H and O–H groups in total. The fourth-order valence-corrected chi connectivity index (χ4v) is 2.69. The van der Waals surface area contributed by atoms with Crippen LogP contribution in [0.1, 0.15) is 31.9 Å². The van der Waals surface area contributed by atoms with Gasteiger partial charge in [-0.2, -0.15) is 0 Å². The van der Waals surface area contributed by atoms with Gasteiger partial charge in [-0.25, -0.2) is 0 Å². The molecule has 0 amide bonds. The lowest BCUT2D eigenvalue weighted by atomic mass is 10.1. The van der Waals surface area contributed by atoms with Crippen molar-refractivity contribution in [2.24, 2.45) is 7.05 Å². The first-order valence-corrected chi connectivity index (χ1v) is 7.69. The highest BCUT2D eigenvalue weighted by atomic mass is 32.2. The van der Waals surface area contributed by atoms with E-state index in [1.165, 1.54) is 28.3 Å². The van der Waals surface area contributed by atoms with Gasteiger partial charge in [-0.15, -0.1) is 11.8 Å². The Bertz CT molecular complexity index is 510. The summed E-state index contributed by atoms with van der Waals surface area (Å²) in [6, 6.07) is 13.3. The van der Waals surface area contributed by atoms with Crippen LogP contribution in [0.2, 0.25) is 0 Å². The fraction of sp³-hybridized carbons (Fsp3) is 0.375. The van der Waals surface area contributed by atoms with Crippen LogP contribution < -0.4 is 0 Å². The van der Waals surface area contributed by atoms with Gasteiger partial charge in [0.05, 0.1) is 0 Å². The number of hydrogen-bond acceptors (Lipinski definition) is 1. The van der Waals surface area contributed by atoms with Crippen molar-refractivity contribution in [1.29, 1.82) is 0 Å². The summed E-state index contributed by atoms with van der Waals surface area (Å²) in [6.07, 6.45) is 3.29. The van der Waals surface area contributed by atoms with Gasteiger partial charge in [0.15, 0.2) is 0 Å². The number of hydrogen-bond donors (Lipinski definition) is 0. The molecule has 1 nitrogen and oxygen atoms in total. The first-order chi connectivity index (χ1) is 8.67. The first-order valence-electron chi connectivity index (χ1n) is 6.47. The molecule has 0 aliphatic rings. The Morgan fingerprint density at radius 1 is 1.11 bits per heavy atom.